The molecule has 0 N–H and O–H groups in total. The smallest absolute Gasteiger partial charge is 0.258 e. The van der Waals surface area contributed by atoms with Crippen LogP contribution in [-0.4, -0.2) is 4.92 Å². The standard InChI is InChI=1S/C7H4F2NO2/c8-7(9)5-2-1-3-6(4-5)10(11)12/h1,3-4,7H. The molecule has 1 aromatic rings. The lowest BCUT2D eigenvalue weighted by Crippen LogP contribution is -1.90. The zero-order valence-electron chi connectivity index (χ0n) is 5.83. The maximum Gasteiger partial charge on any atom is 0.269 e. The fraction of sp³-hybridized carbons (Fsp3) is 0.143. The van der Waals surface area contributed by atoms with E-state index in [1.807, 2.05) is 0 Å². The first-order valence-corrected chi connectivity index (χ1v) is 3.05. The lowest BCUT2D eigenvalue weighted by Gasteiger charge is -1.96. The Hall–Kier alpha value is -1.52. The van der Waals surface area contributed by atoms with Gasteiger partial charge in [0, 0.05) is 17.7 Å². The van der Waals surface area contributed by atoms with Crippen molar-refractivity contribution in [2.75, 3.05) is 0 Å². The van der Waals surface area contributed by atoms with Gasteiger partial charge in [0.15, 0.2) is 0 Å². The SMILES string of the molecule is O=[N+]([O-])c1cc[c]c(C(F)F)c1. The Morgan fingerprint density at radius 1 is 1.58 bits per heavy atom. The summed E-state index contributed by atoms with van der Waals surface area (Å²) in [6, 6.07) is 5.25. The van der Waals surface area contributed by atoms with Crippen LogP contribution in [0.2, 0.25) is 0 Å². The van der Waals surface area contributed by atoms with Crippen molar-refractivity contribution in [2.24, 2.45) is 0 Å². The van der Waals surface area contributed by atoms with E-state index in [4.69, 9.17) is 0 Å². The number of alkyl halides is 2. The molecule has 0 aromatic heterocycles. The predicted octanol–water partition coefficient (Wildman–Crippen LogP) is 2.33. The summed E-state index contributed by atoms with van der Waals surface area (Å²) >= 11 is 0. The first kappa shape index (κ1) is 8.58. The molecule has 0 spiro atoms. The number of nitro groups is 1. The molecule has 0 aliphatic rings. The maximum absolute atomic E-state index is 12.0. The molecule has 5 heteroatoms. The summed E-state index contributed by atoms with van der Waals surface area (Å²) in [6.07, 6.45) is -2.72. The van der Waals surface area contributed by atoms with Crippen molar-refractivity contribution in [1.29, 1.82) is 0 Å². The molecule has 0 aliphatic heterocycles. The number of halogens is 2. The molecule has 0 amide bonds. The van der Waals surface area contributed by atoms with Crippen LogP contribution in [0.5, 0.6) is 0 Å². The van der Waals surface area contributed by atoms with Crippen molar-refractivity contribution >= 4 is 5.69 Å². The van der Waals surface area contributed by atoms with E-state index in [2.05, 4.69) is 6.07 Å². The molecule has 0 fully saturated rings. The Bertz CT molecular complexity index is 301. The predicted molar refractivity (Wildman–Crippen MR) is 36.9 cm³/mol. The van der Waals surface area contributed by atoms with Gasteiger partial charge in [-0.05, 0) is 12.1 Å². The second-order valence-corrected chi connectivity index (χ2v) is 2.06. The topological polar surface area (TPSA) is 43.1 Å². The highest BCUT2D eigenvalue weighted by Gasteiger charge is 2.11. The lowest BCUT2D eigenvalue weighted by molar-refractivity contribution is -0.385. The highest BCUT2D eigenvalue weighted by atomic mass is 19.3. The first-order valence-electron chi connectivity index (χ1n) is 3.05. The van der Waals surface area contributed by atoms with E-state index in [1.54, 1.807) is 0 Å². The van der Waals surface area contributed by atoms with Crippen LogP contribution in [0.1, 0.15) is 12.0 Å². The van der Waals surface area contributed by atoms with Gasteiger partial charge in [-0.2, -0.15) is 0 Å². The van der Waals surface area contributed by atoms with E-state index in [0.717, 1.165) is 18.2 Å². The number of benzene rings is 1. The van der Waals surface area contributed by atoms with E-state index in [1.165, 1.54) is 0 Å². The van der Waals surface area contributed by atoms with Crippen molar-refractivity contribution < 1.29 is 13.7 Å². The van der Waals surface area contributed by atoms with E-state index < -0.39 is 16.9 Å². The summed E-state index contributed by atoms with van der Waals surface area (Å²) in [6.45, 7) is 0. The average molecular weight is 172 g/mol. The van der Waals surface area contributed by atoms with E-state index in [9.17, 15) is 18.9 Å². The van der Waals surface area contributed by atoms with Crippen LogP contribution < -0.4 is 0 Å². The van der Waals surface area contributed by atoms with Gasteiger partial charge >= 0.3 is 0 Å². The van der Waals surface area contributed by atoms with E-state index in [0.29, 0.717) is 0 Å². The maximum atomic E-state index is 12.0. The van der Waals surface area contributed by atoms with Crippen molar-refractivity contribution in [1.82, 2.24) is 0 Å². The number of non-ortho nitro benzene ring substituents is 1. The van der Waals surface area contributed by atoms with Crippen LogP contribution >= 0.6 is 0 Å². The molecule has 0 heterocycles. The quantitative estimate of drug-likeness (QED) is 0.507. The third-order valence-corrected chi connectivity index (χ3v) is 1.25. The lowest BCUT2D eigenvalue weighted by atomic mass is 10.2. The highest BCUT2D eigenvalue weighted by Crippen LogP contribution is 2.21. The zero-order chi connectivity index (χ0) is 9.14. The minimum Gasteiger partial charge on any atom is -0.258 e. The normalized spacial score (nSPS) is 10.2. The molecule has 63 valence electrons. The highest BCUT2D eigenvalue weighted by molar-refractivity contribution is 5.33. The molecule has 0 atom stereocenters. The largest absolute Gasteiger partial charge is 0.269 e. The van der Waals surface area contributed by atoms with Gasteiger partial charge in [-0.25, -0.2) is 8.78 Å². The Balaban J connectivity index is 3.04. The second-order valence-electron chi connectivity index (χ2n) is 2.06. The molecular weight excluding hydrogens is 168 g/mol. The average Bonchev–Trinajstić information content (AvgIpc) is 2.04. The van der Waals surface area contributed by atoms with Gasteiger partial charge in [-0.3, -0.25) is 10.1 Å². The summed E-state index contributed by atoms with van der Waals surface area (Å²) < 4.78 is 23.9. The third-order valence-electron chi connectivity index (χ3n) is 1.25. The summed E-state index contributed by atoms with van der Waals surface area (Å²) in [5, 5.41) is 10.1. The van der Waals surface area contributed by atoms with Crippen LogP contribution in [0.4, 0.5) is 14.5 Å². The van der Waals surface area contributed by atoms with Crippen molar-refractivity contribution in [2.45, 2.75) is 6.43 Å². The molecule has 0 bridgehead atoms. The molecule has 3 nitrogen and oxygen atoms in total. The Kier molecular flexibility index (Phi) is 2.32. The zero-order valence-corrected chi connectivity index (χ0v) is 5.83. The molecular formula is C7H4F2NO2. The summed E-state index contributed by atoms with van der Waals surface area (Å²) in [7, 11) is 0. The number of nitrogens with zero attached hydrogens (tertiary/aromatic N) is 1. The Morgan fingerprint density at radius 2 is 2.25 bits per heavy atom. The summed E-state index contributed by atoms with van der Waals surface area (Å²) in [5.74, 6) is 0. The fourth-order valence-corrected chi connectivity index (χ4v) is 0.712. The number of nitro benzene ring substituents is 1. The fourth-order valence-electron chi connectivity index (χ4n) is 0.712. The van der Waals surface area contributed by atoms with Gasteiger partial charge in [-0.15, -0.1) is 0 Å². The Morgan fingerprint density at radius 3 is 2.75 bits per heavy atom. The Labute approximate surface area is 66.8 Å². The van der Waals surface area contributed by atoms with Crippen molar-refractivity contribution in [3.8, 4) is 0 Å². The van der Waals surface area contributed by atoms with Crippen molar-refractivity contribution in [3.63, 3.8) is 0 Å². The van der Waals surface area contributed by atoms with Gasteiger partial charge in [0.25, 0.3) is 12.1 Å². The van der Waals surface area contributed by atoms with Gasteiger partial charge in [0.05, 0.1) is 4.92 Å². The minimum absolute atomic E-state index is 0.343. The van der Waals surface area contributed by atoms with Gasteiger partial charge < -0.3 is 0 Å². The number of hydrogen-bond donors (Lipinski definition) is 0. The van der Waals surface area contributed by atoms with Gasteiger partial charge in [-0.1, -0.05) is 0 Å². The van der Waals surface area contributed by atoms with Crippen LogP contribution in [0.15, 0.2) is 18.2 Å². The van der Waals surface area contributed by atoms with Crippen molar-refractivity contribution in [3.05, 3.63) is 39.9 Å². The minimum atomic E-state index is -2.72. The van der Waals surface area contributed by atoms with E-state index in [-0.39, 0.29) is 5.69 Å². The van der Waals surface area contributed by atoms with Crippen LogP contribution in [-0.2, 0) is 0 Å². The molecule has 0 aliphatic carbocycles. The monoisotopic (exact) mass is 172 g/mol. The van der Waals surface area contributed by atoms with Crippen LogP contribution in [0.25, 0.3) is 0 Å². The van der Waals surface area contributed by atoms with E-state index >= 15 is 0 Å². The molecule has 0 saturated carbocycles. The second kappa shape index (κ2) is 3.25. The van der Waals surface area contributed by atoms with Gasteiger partial charge in [0.1, 0.15) is 0 Å². The third kappa shape index (κ3) is 1.75. The first-order chi connectivity index (χ1) is 5.61. The van der Waals surface area contributed by atoms with Crippen LogP contribution in [0, 0.1) is 16.2 Å². The molecule has 1 radical (unpaired) electrons. The molecule has 12 heavy (non-hydrogen) atoms. The van der Waals surface area contributed by atoms with Crippen LogP contribution in [0.3, 0.4) is 0 Å². The molecule has 1 rings (SSSR count). The molecule has 0 saturated heterocycles. The number of hydrogen-bond acceptors (Lipinski definition) is 2. The van der Waals surface area contributed by atoms with Gasteiger partial charge in [0.2, 0.25) is 0 Å². The molecule has 0 unspecified atom stereocenters. The molecule has 1 aromatic carbocycles. The summed E-state index contributed by atoms with van der Waals surface area (Å²) in [4.78, 5) is 9.40. The summed E-state index contributed by atoms with van der Waals surface area (Å²) in [5.41, 5.74) is -0.798. The number of rotatable bonds is 2.